The van der Waals surface area contributed by atoms with Crippen LogP contribution in [0.3, 0.4) is 0 Å². The molecule has 3 rings (SSSR count). The van der Waals surface area contributed by atoms with Crippen LogP contribution in [0.25, 0.3) is 0 Å². The first kappa shape index (κ1) is 18.7. The third-order valence-corrected chi connectivity index (χ3v) is 6.54. The molecule has 142 valence electrons. The summed E-state index contributed by atoms with van der Waals surface area (Å²) in [6.45, 7) is 3.96. The van der Waals surface area contributed by atoms with E-state index < -0.39 is 9.84 Å². The molecule has 1 aromatic rings. The highest BCUT2D eigenvalue weighted by atomic mass is 32.2. The summed E-state index contributed by atoms with van der Waals surface area (Å²) in [5.74, 6) is 0.806. The van der Waals surface area contributed by atoms with E-state index in [-0.39, 0.29) is 30.0 Å². The van der Waals surface area contributed by atoms with E-state index in [2.05, 4.69) is 27.8 Å². The molecule has 2 aliphatic heterocycles. The molecule has 2 N–H and O–H groups in total. The third kappa shape index (κ3) is 4.75. The Morgan fingerprint density at radius 1 is 1.31 bits per heavy atom. The summed E-state index contributed by atoms with van der Waals surface area (Å²) in [6, 6.07) is 8.05. The minimum Gasteiger partial charge on any atom is -0.357 e. The van der Waals surface area contributed by atoms with Gasteiger partial charge in [0.2, 0.25) is 5.91 Å². The maximum absolute atomic E-state index is 12.5. The van der Waals surface area contributed by atoms with E-state index in [1.165, 1.54) is 11.1 Å². The Kier molecular flexibility index (Phi) is 5.80. The van der Waals surface area contributed by atoms with E-state index in [1.54, 1.807) is 0 Å². The van der Waals surface area contributed by atoms with E-state index >= 15 is 0 Å². The average molecular weight is 378 g/mol. The molecular weight excluding hydrogens is 352 g/mol. The number of rotatable bonds is 4. The van der Waals surface area contributed by atoms with Crippen LogP contribution < -0.4 is 10.6 Å². The SMILES string of the molecule is CCNC(=NCC(=O)N1CCc2ccccc2C1)NC1CCS(=O)(=O)C1. The number of nitrogens with zero attached hydrogens (tertiary/aromatic N) is 2. The lowest BCUT2D eigenvalue weighted by atomic mass is 10.00. The highest BCUT2D eigenvalue weighted by Crippen LogP contribution is 2.18. The van der Waals surface area contributed by atoms with Gasteiger partial charge in [-0.05, 0) is 30.9 Å². The molecule has 0 bridgehead atoms. The van der Waals surface area contributed by atoms with Crippen LogP contribution in [0.5, 0.6) is 0 Å². The molecular formula is C18H26N4O3S. The molecule has 0 aromatic heterocycles. The van der Waals surface area contributed by atoms with E-state index in [0.29, 0.717) is 32.0 Å². The predicted molar refractivity (Wildman–Crippen MR) is 102 cm³/mol. The van der Waals surface area contributed by atoms with Crippen LogP contribution in [-0.4, -0.2) is 62.4 Å². The first-order valence-electron chi connectivity index (χ1n) is 9.06. The second-order valence-electron chi connectivity index (χ2n) is 6.77. The minimum absolute atomic E-state index is 0.0178. The van der Waals surface area contributed by atoms with Crippen LogP contribution in [0.1, 0.15) is 24.5 Å². The Hall–Kier alpha value is -2.09. The Labute approximate surface area is 154 Å². The number of aliphatic imine (C=N–C) groups is 1. The number of carbonyl (C=O) groups excluding carboxylic acids is 1. The number of sulfone groups is 1. The van der Waals surface area contributed by atoms with Crippen molar-refractivity contribution in [1.29, 1.82) is 0 Å². The van der Waals surface area contributed by atoms with Gasteiger partial charge in [0.05, 0.1) is 11.5 Å². The molecule has 26 heavy (non-hydrogen) atoms. The monoisotopic (exact) mass is 378 g/mol. The normalized spacial score (nSPS) is 22.0. The maximum atomic E-state index is 12.5. The van der Waals surface area contributed by atoms with E-state index in [1.807, 2.05) is 24.0 Å². The van der Waals surface area contributed by atoms with Crippen LogP contribution >= 0.6 is 0 Å². The molecule has 1 aromatic carbocycles. The molecule has 2 heterocycles. The zero-order valence-electron chi connectivity index (χ0n) is 15.1. The van der Waals surface area contributed by atoms with Crippen LogP contribution in [0.2, 0.25) is 0 Å². The van der Waals surface area contributed by atoms with Crippen molar-refractivity contribution in [3.8, 4) is 0 Å². The van der Waals surface area contributed by atoms with Gasteiger partial charge in [-0.1, -0.05) is 24.3 Å². The van der Waals surface area contributed by atoms with Crippen LogP contribution in [0.15, 0.2) is 29.3 Å². The lowest BCUT2D eigenvalue weighted by Crippen LogP contribution is -2.45. The van der Waals surface area contributed by atoms with Crippen molar-refractivity contribution in [2.24, 2.45) is 4.99 Å². The average Bonchev–Trinajstić information content (AvgIpc) is 2.97. The van der Waals surface area contributed by atoms with Crippen LogP contribution in [-0.2, 0) is 27.6 Å². The first-order chi connectivity index (χ1) is 12.5. The molecule has 8 heteroatoms. The second kappa shape index (κ2) is 8.07. The van der Waals surface area contributed by atoms with Gasteiger partial charge >= 0.3 is 0 Å². The molecule has 1 unspecified atom stereocenters. The predicted octanol–water partition coefficient (Wildman–Crippen LogP) is 0.314. The first-order valence-corrected chi connectivity index (χ1v) is 10.9. The number of guanidine groups is 1. The zero-order chi connectivity index (χ0) is 18.6. The Morgan fingerprint density at radius 3 is 2.77 bits per heavy atom. The molecule has 1 fully saturated rings. The molecule has 7 nitrogen and oxygen atoms in total. The summed E-state index contributed by atoms with van der Waals surface area (Å²) >= 11 is 0. The van der Waals surface area contributed by atoms with Crippen LogP contribution in [0.4, 0.5) is 0 Å². The molecule has 1 atom stereocenters. The van der Waals surface area contributed by atoms with Gasteiger partial charge in [-0.15, -0.1) is 0 Å². The van der Waals surface area contributed by atoms with Gasteiger partial charge in [0.25, 0.3) is 0 Å². The second-order valence-corrected chi connectivity index (χ2v) is 9.00. The molecule has 2 aliphatic rings. The van der Waals surface area contributed by atoms with Crippen molar-refractivity contribution >= 4 is 21.7 Å². The van der Waals surface area contributed by atoms with Crippen molar-refractivity contribution in [1.82, 2.24) is 15.5 Å². The Morgan fingerprint density at radius 2 is 2.08 bits per heavy atom. The highest BCUT2D eigenvalue weighted by molar-refractivity contribution is 7.91. The lowest BCUT2D eigenvalue weighted by Gasteiger charge is -2.28. The van der Waals surface area contributed by atoms with Crippen molar-refractivity contribution in [3.63, 3.8) is 0 Å². The van der Waals surface area contributed by atoms with Crippen molar-refractivity contribution in [2.45, 2.75) is 32.4 Å². The number of nitrogens with one attached hydrogen (secondary N) is 2. The molecule has 1 amide bonds. The molecule has 1 saturated heterocycles. The fourth-order valence-corrected chi connectivity index (χ4v) is 5.05. The highest BCUT2D eigenvalue weighted by Gasteiger charge is 2.28. The fourth-order valence-electron chi connectivity index (χ4n) is 3.38. The van der Waals surface area contributed by atoms with Gasteiger partial charge in [0, 0.05) is 25.7 Å². The van der Waals surface area contributed by atoms with Gasteiger partial charge < -0.3 is 15.5 Å². The quantitative estimate of drug-likeness (QED) is 0.581. The van der Waals surface area contributed by atoms with Crippen molar-refractivity contribution in [2.75, 3.05) is 31.1 Å². The van der Waals surface area contributed by atoms with Gasteiger partial charge in [-0.25, -0.2) is 13.4 Å². The lowest BCUT2D eigenvalue weighted by molar-refractivity contribution is -0.130. The fraction of sp³-hybridized carbons (Fsp3) is 0.556. The summed E-state index contributed by atoms with van der Waals surface area (Å²) < 4.78 is 23.2. The summed E-state index contributed by atoms with van der Waals surface area (Å²) in [7, 11) is -2.95. The summed E-state index contributed by atoms with van der Waals surface area (Å²) in [4.78, 5) is 18.7. The standard InChI is InChI=1S/C18H26N4O3S/c1-2-19-18(21-16-8-10-26(24,25)13-16)20-11-17(23)22-9-7-14-5-3-4-6-15(14)12-22/h3-6,16H,2,7-13H2,1H3,(H2,19,20,21). The van der Waals surface area contributed by atoms with Gasteiger partial charge in [-0.3, -0.25) is 4.79 Å². The zero-order valence-corrected chi connectivity index (χ0v) is 15.9. The van der Waals surface area contributed by atoms with Crippen molar-refractivity contribution < 1.29 is 13.2 Å². The number of benzene rings is 1. The van der Waals surface area contributed by atoms with Crippen molar-refractivity contribution in [3.05, 3.63) is 35.4 Å². The number of hydrogen-bond donors (Lipinski definition) is 2. The maximum Gasteiger partial charge on any atom is 0.244 e. The molecule has 0 radical (unpaired) electrons. The van der Waals surface area contributed by atoms with Gasteiger partial charge in [0.1, 0.15) is 6.54 Å². The largest absolute Gasteiger partial charge is 0.357 e. The summed E-state index contributed by atoms with van der Waals surface area (Å²) in [5.41, 5.74) is 2.50. The van der Waals surface area contributed by atoms with Gasteiger partial charge in [-0.2, -0.15) is 0 Å². The number of amides is 1. The smallest absolute Gasteiger partial charge is 0.244 e. The molecule has 0 spiro atoms. The molecule has 0 saturated carbocycles. The Bertz CT molecular complexity index is 791. The topological polar surface area (TPSA) is 90.9 Å². The van der Waals surface area contributed by atoms with E-state index in [9.17, 15) is 13.2 Å². The van der Waals surface area contributed by atoms with E-state index in [0.717, 1.165) is 6.42 Å². The summed E-state index contributed by atoms with van der Waals surface area (Å²) in [6.07, 6.45) is 1.44. The minimum atomic E-state index is -2.95. The number of hydrogen-bond acceptors (Lipinski definition) is 4. The number of fused-ring (bicyclic) bond motifs is 1. The molecule has 0 aliphatic carbocycles. The van der Waals surface area contributed by atoms with Gasteiger partial charge in [0.15, 0.2) is 15.8 Å². The Balaban J connectivity index is 1.58. The summed E-state index contributed by atoms with van der Waals surface area (Å²) in [5, 5.41) is 6.22. The van der Waals surface area contributed by atoms with Crippen LogP contribution in [0, 0.1) is 0 Å². The third-order valence-electron chi connectivity index (χ3n) is 4.77. The number of carbonyl (C=O) groups is 1. The van der Waals surface area contributed by atoms with E-state index in [4.69, 9.17) is 0 Å².